The lowest BCUT2D eigenvalue weighted by atomic mass is 10.1. The number of aryl methyl sites for hydroxylation is 1. The number of nitrogens with two attached hydrogens (primary N) is 1. The van der Waals surface area contributed by atoms with Gasteiger partial charge in [0.25, 0.3) is 5.91 Å². The van der Waals surface area contributed by atoms with Crippen molar-refractivity contribution in [2.24, 2.45) is 5.73 Å². The predicted molar refractivity (Wildman–Crippen MR) is 81.3 cm³/mol. The lowest BCUT2D eigenvalue weighted by molar-refractivity contribution is 0.0784. The topological polar surface area (TPSA) is 46.3 Å². The van der Waals surface area contributed by atoms with Gasteiger partial charge in [0.1, 0.15) is 5.82 Å². The summed E-state index contributed by atoms with van der Waals surface area (Å²) in [5.74, 6) is -0.459. The smallest absolute Gasteiger partial charge is 0.254 e. The highest BCUT2D eigenvalue weighted by Gasteiger charge is 2.15. The van der Waals surface area contributed by atoms with Crippen molar-refractivity contribution in [2.75, 3.05) is 7.05 Å². The van der Waals surface area contributed by atoms with Crippen molar-refractivity contribution in [1.29, 1.82) is 0 Å². The van der Waals surface area contributed by atoms with Crippen LogP contribution >= 0.6 is 0 Å². The van der Waals surface area contributed by atoms with Crippen LogP contribution in [0.1, 0.15) is 27.0 Å². The number of halogens is 1. The van der Waals surface area contributed by atoms with Crippen molar-refractivity contribution >= 4 is 5.91 Å². The molecule has 110 valence electrons. The molecule has 0 radical (unpaired) electrons. The maximum Gasteiger partial charge on any atom is 0.254 e. The minimum Gasteiger partial charge on any atom is -0.337 e. The maximum atomic E-state index is 13.1. The molecule has 3 nitrogen and oxygen atoms in total. The summed E-state index contributed by atoms with van der Waals surface area (Å²) in [4.78, 5) is 14.1. The number of amides is 1. The third-order valence-corrected chi connectivity index (χ3v) is 3.51. The fourth-order valence-electron chi connectivity index (χ4n) is 2.31. The van der Waals surface area contributed by atoms with E-state index in [1.54, 1.807) is 18.9 Å². The van der Waals surface area contributed by atoms with Crippen LogP contribution < -0.4 is 5.73 Å². The highest BCUT2D eigenvalue weighted by atomic mass is 19.1. The first kappa shape index (κ1) is 15.2. The summed E-state index contributed by atoms with van der Waals surface area (Å²) in [7, 11) is 1.73. The Morgan fingerprint density at radius 3 is 2.48 bits per heavy atom. The number of nitrogens with zero attached hydrogens (tertiary/aromatic N) is 1. The third kappa shape index (κ3) is 3.47. The standard InChI is InChI=1S/C17H19FN2O/c1-12-9-15(18)7-8-16(12)17(21)20(2)11-14-6-4-3-5-13(14)10-19/h3-9H,10-11,19H2,1-2H3. The van der Waals surface area contributed by atoms with Gasteiger partial charge < -0.3 is 10.6 Å². The fraction of sp³-hybridized carbons (Fsp3) is 0.235. The molecule has 0 fully saturated rings. The lowest BCUT2D eigenvalue weighted by Crippen LogP contribution is -2.27. The van der Waals surface area contributed by atoms with Crippen molar-refractivity contribution < 1.29 is 9.18 Å². The van der Waals surface area contributed by atoms with Gasteiger partial charge in [-0.25, -0.2) is 4.39 Å². The molecule has 0 spiro atoms. The van der Waals surface area contributed by atoms with Gasteiger partial charge in [0.15, 0.2) is 0 Å². The molecule has 0 heterocycles. The molecule has 0 aliphatic rings. The van der Waals surface area contributed by atoms with E-state index < -0.39 is 0 Å². The van der Waals surface area contributed by atoms with E-state index in [-0.39, 0.29) is 11.7 Å². The zero-order chi connectivity index (χ0) is 15.4. The Bertz CT molecular complexity index is 655. The molecular weight excluding hydrogens is 267 g/mol. The molecular formula is C17H19FN2O. The van der Waals surface area contributed by atoms with Crippen LogP contribution in [0.15, 0.2) is 42.5 Å². The summed E-state index contributed by atoms with van der Waals surface area (Å²) in [6.07, 6.45) is 0. The highest BCUT2D eigenvalue weighted by Crippen LogP contribution is 2.15. The van der Waals surface area contributed by atoms with Crippen molar-refractivity contribution in [3.05, 3.63) is 70.5 Å². The van der Waals surface area contributed by atoms with Crippen LogP contribution in [-0.2, 0) is 13.1 Å². The van der Waals surface area contributed by atoms with E-state index in [9.17, 15) is 9.18 Å². The van der Waals surface area contributed by atoms with Gasteiger partial charge in [-0.3, -0.25) is 4.79 Å². The molecule has 2 rings (SSSR count). The summed E-state index contributed by atoms with van der Waals surface area (Å²) in [6.45, 7) is 2.65. The molecule has 0 saturated carbocycles. The van der Waals surface area contributed by atoms with E-state index in [1.165, 1.54) is 18.2 Å². The Labute approximate surface area is 124 Å². The number of rotatable bonds is 4. The average Bonchev–Trinajstić information content (AvgIpc) is 2.47. The molecule has 0 saturated heterocycles. The number of carbonyl (C=O) groups excluding carboxylic acids is 1. The van der Waals surface area contributed by atoms with Crippen LogP contribution in [-0.4, -0.2) is 17.9 Å². The molecule has 2 aromatic carbocycles. The first-order valence-corrected chi connectivity index (χ1v) is 6.81. The minimum atomic E-state index is -0.333. The van der Waals surface area contributed by atoms with Gasteiger partial charge in [0, 0.05) is 25.7 Å². The molecule has 0 unspecified atom stereocenters. The van der Waals surface area contributed by atoms with Gasteiger partial charge in [-0.1, -0.05) is 24.3 Å². The van der Waals surface area contributed by atoms with Crippen molar-refractivity contribution in [1.82, 2.24) is 4.90 Å². The molecule has 0 bridgehead atoms. The Hall–Kier alpha value is -2.20. The largest absolute Gasteiger partial charge is 0.337 e. The molecule has 4 heteroatoms. The summed E-state index contributed by atoms with van der Waals surface area (Å²) in [5, 5.41) is 0. The normalized spacial score (nSPS) is 10.5. The Morgan fingerprint density at radius 2 is 1.86 bits per heavy atom. The monoisotopic (exact) mass is 286 g/mol. The molecule has 2 N–H and O–H groups in total. The van der Waals surface area contributed by atoms with Gasteiger partial charge in [-0.2, -0.15) is 0 Å². The van der Waals surface area contributed by atoms with E-state index in [2.05, 4.69) is 0 Å². The Balaban J connectivity index is 2.19. The molecule has 0 aliphatic carbocycles. The minimum absolute atomic E-state index is 0.126. The van der Waals surface area contributed by atoms with Gasteiger partial charge in [-0.15, -0.1) is 0 Å². The van der Waals surface area contributed by atoms with E-state index in [1.807, 2.05) is 24.3 Å². The first-order chi connectivity index (χ1) is 10.0. The van der Waals surface area contributed by atoms with Crippen LogP contribution in [0.2, 0.25) is 0 Å². The van der Waals surface area contributed by atoms with E-state index in [4.69, 9.17) is 5.73 Å². The molecule has 2 aromatic rings. The molecule has 0 aliphatic heterocycles. The van der Waals surface area contributed by atoms with Gasteiger partial charge in [0.05, 0.1) is 0 Å². The number of benzene rings is 2. The predicted octanol–water partition coefficient (Wildman–Crippen LogP) is 2.87. The fourth-order valence-corrected chi connectivity index (χ4v) is 2.31. The number of carbonyl (C=O) groups is 1. The van der Waals surface area contributed by atoms with Crippen molar-refractivity contribution in [3.63, 3.8) is 0 Å². The van der Waals surface area contributed by atoms with Crippen LogP contribution in [0.5, 0.6) is 0 Å². The van der Waals surface area contributed by atoms with Crippen molar-refractivity contribution in [2.45, 2.75) is 20.0 Å². The second-order valence-electron chi connectivity index (χ2n) is 5.09. The van der Waals surface area contributed by atoms with Gasteiger partial charge in [-0.05, 0) is 41.8 Å². The van der Waals surface area contributed by atoms with Crippen LogP contribution in [0.3, 0.4) is 0 Å². The summed E-state index contributed by atoms with van der Waals surface area (Å²) in [5.41, 5.74) is 8.91. The Morgan fingerprint density at radius 1 is 1.19 bits per heavy atom. The van der Waals surface area contributed by atoms with Gasteiger partial charge >= 0.3 is 0 Å². The van der Waals surface area contributed by atoms with Gasteiger partial charge in [0.2, 0.25) is 0 Å². The Kier molecular flexibility index (Phi) is 4.70. The summed E-state index contributed by atoms with van der Waals surface area (Å²) in [6, 6.07) is 12.0. The first-order valence-electron chi connectivity index (χ1n) is 6.81. The molecule has 21 heavy (non-hydrogen) atoms. The third-order valence-electron chi connectivity index (χ3n) is 3.51. The average molecular weight is 286 g/mol. The number of hydrogen-bond donors (Lipinski definition) is 1. The second-order valence-corrected chi connectivity index (χ2v) is 5.09. The van der Waals surface area contributed by atoms with Crippen molar-refractivity contribution in [3.8, 4) is 0 Å². The van der Waals surface area contributed by atoms with Crippen LogP contribution in [0, 0.1) is 12.7 Å². The number of hydrogen-bond acceptors (Lipinski definition) is 2. The van der Waals surface area contributed by atoms with E-state index >= 15 is 0 Å². The van der Waals surface area contributed by atoms with E-state index in [0.717, 1.165) is 11.1 Å². The maximum absolute atomic E-state index is 13.1. The highest BCUT2D eigenvalue weighted by molar-refractivity contribution is 5.95. The second kappa shape index (κ2) is 6.50. The summed E-state index contributed by atoms with van der Waals surface area (Å²) >= 11 is 0. The zero-order valence-electron chi connectivity index (χ0n) is 12.3. The summed E-state index contributed by atoms with van der Waals surface area (Å²) < 4.78 is 13.1. The quantitative estimate of drug-likeness (QED) is 0.939. The SMILES string of the molecule is Cc1cc(F)ccc1C(=O)N(C)Cc1ccccc1CN. The molecule has 1 amide bonds. The van der Waals surface area contributed by atoms with E-state index in [0.29, 0.717) is 24.2 Å². The van der Waals surface area contributed by atoms with Crippen LogP contribution in [0.4, 0.5) is 4.39 Å². The molecule has 0 aromatic heterocycles. The lowest BCUT2D eigenvalue weighted by Gasteiger charge is -2.20. The van der Waals surface area contributed by atoms with Crippen LogP contribution in [0.25, 0.3) is 0 Å². The molecule has 0 atom stereocenters. The zero-order valence-corrected chi connectivity index (χ0v) is 12.3.